The second-order valence-corrected chi connectivity index (χ2v) is 11.3. The standard InChI is InChI=1S/C24H38O5/c1-13(4-7-21(28)29)16-5-6-17-22-18(12-20(27)24(16,17)3)23(2)9-8-15(25)10-14(23)11-19(22)26/h13-18,20,22,25,27H,4-12H2,1-3H3,(H,28,29)/t13?,14-,15+,16+,17-,18-,20-,22-,23-,24+/m0/s1. The largest absolute Gasteiger partial charge is 0.481 e. The van der Waals surface area contributed by atoms with Gasteiger partial charge in [-0.15, -0.1) is 0 Å². The van der Waals surface area contributed by atoms with Crippen molar-refractivity contribution in [1.82, 2.24) is 0 Å². The first-order valence-electron chi connectivity index (χ1n) is 11.7. The molecule has 5 heteroatoms. The van der Waals surface area contributed by atoms with Crippen LogP contribution >= 0.6 is 0 Å². The Bertz CT molecular complexity index is 676. The first kappa shape index (κ1) is 21.3. The van der Waals surface area contributed by atoms with Crippen molar-refractivity contribution in [1.29, 1.82) is 0 Å². The molecule has 0 spiro atoms. The number of ketones is 1. The molecular formula is C24H38O5. The van der Waals surface area contributed by atoms with Crippen LogP contribution in [0.25, 0.3) is 0 Å². The first-order chi connectivity index (χ1) is 13.6. The van der Waals surface area contributed by atoms with E-state index >= 15 is 0 Å². The smallest absolute Gasteiger partial charge is 0.303 e. The predicted molar refractivity (Wildman–Crippen MR) is 109 cm³/mol. The number of hydrogen-bond donors (Lipinski definition) is 3. The molecule has 0 aromatic rings. The molecular weight excluding hydrogens is 368 g/mol. The van der Waals surface area contributed by atoms with E-state index in [1.807, 2.05) is 0 Å². The van der Waals surface area contributed by atoms with Gasteiger partial charge in [0.25, 0.3) is 0 Å². The van der Waals surface area contributed by atoms with E-state index < -0.39 is 12.1 Å². The van der Waals surface area contributed by atoms with Gasteiger partial charge in [0, 0.05) is 24.2 Å². The van der Waals surface area contributed by atoms with Gasteiger partial charge in [-0.3, -0.25) is 9.59 Å². The lowest BCUT2D eigenvalue weighted by Crippen LogP contribution is -2.61. The van der Waals surface area contributed by atoms with Gasteiger partial charge in [0.2, 0.25) is 0 Å². The van der Waals surface area contributed by atoms with Gasteiger partial charge in [0.1, 0.15) is 5.78 Å². The number of aliphatic carboxylic acids is 1. The average molecular weight is 407 g/mol. The number of aliphatic hydroxyl groups excluding tert-OH is 2. The summed E-state index contributed by atoms with van der Waals surface area (Å²) in [6.45, 7) is 6.62. The van der Waals surface area contributed by atoms with E-state index in [-0.39, 0.29) is 58.9 Å². The van der Waals surface area contributed by atoms with Crippen molar-refractivity contribution < 1.29 is 24.9 Å². The average Bonchev–Trinajstić information content (AvgIpc) is 3.01. The number of rotatable bonds is 4. The van der Waals surface area contributed by atoms with Gasteiger partial charge in [-0.2, -0.15) is 0 Å². The molecule has 10 atom stereocenters. The summed E-state index contributed by atoms with van der Waals surface area (Å²) in [5.41, 5.74) is -0.265. The van der Waals surface area contributed by atoms with E-state index in [0.717, 1.165) is 32.1 Å². The fraction of sp³-hybridized carbons (Fsp3) is 0.917. The molecule has 29 heavy (non-hydrogen) atoms. The molecule has 0 aliphatic heterocycles. The molecule has 0 radical (unpaired) electrons. The Morgan fingerprint density at radius 1 is 1.14 bits per heavy atom. The second-order valence-electron chi connectivity index (χ2n) is 11.3. The molecule has 5 nitrogen and oxygen atoms in total. The van der Waals surface area contributed by atoms with Crippen LogP contribution in [0.2, 0.25) is 0 Å². The lowest BCUT2D eigenvalue weighted by Gasteiger charge is -2.61. The minimum Gasteiger partial charge on any atom is -0.481 e. The summed E-state index contributed by atoms with van der Waals surface area (Å²) in [7, 11) is 0. The number of Topliss-reactive ketones (excluding diaryl/α,β-unsaturated/α-hetero) is 1. The molecule has 4 fully saturated rings. The molecule has 4 aliphatic rings. The molecule has 0 aromatic heterocycles. The highest BCUT2D eigenvalue weighted by Gasteiger charge is 2.65. The number of carbonyl (C=O) groups excluding carboxylic acids is 1. The fourth-order valence-electron chi connectivity index (χ4n) is 8.40. The Morgan fingerprint density at radius 3 is 2.55 bits per heavy atom. The molecule has 0 amide bonds. The monoisotopic (exact) mass is 406 g/mol. The van der Waals surface area contributed by atoms with Crippen LogP contribution in [0.15, 0.2) is 0 Å². The molecule has 4 rings (SSSR count). The third-order valence-electron chi connectivity index (χ3n) is 10.1. The third-order valence-corrected chi connectivity index (χ3v) is 10.1. The number of hydrogen-bond acceptors (Lipinski definition) is 4. The highest BCUT2D eigenvalue weighted by molar-refractivity contribution is 5.83. The lowest BCUT2D eigenvalue weighted by atomic mass is 9.43. The molecule has 0 bridgehead atoms. The predicted octanol–water partition coefficient (Wildman–Crippen LogP) is 3.66. The van der Waals surface area contributed by atoms with Gasteiger partial charge in [0.05, 0.1) is 12.2 Å². The van der Waals surface area contributed by atoms with E-state index in [2.05, 4.69) is 20.8 Å². The Kier molecular flexibility index (Phi) is 5.39. The van der Waals surface area contributed by atoms with E-state index in [0.29, 0.717) is 25.0 Å². The summed E-state index contributed by atoms with van der Waals surface area (Å²) in [4.78, 5) is 24.4. The molecule has 0 heterocycles. The van der Waals surface area contributed by atoms with E-state index in [1.165, 1.54) is 0 Å². The zero-order valence-electron chi connectivity index (χ0n) is 18.1. The molecule has 3 N–H and O–H groups in total. The van der Waals surface area contributed by atoms with Crippen LogP contribution in [0.1, 0.15) is 78.6 Å². The zero-order valence-corrected chi connectivity index (χ0v) is 18.1. The van der Waals surface area contributed by atoms with Crippen LogP contribution in [-0.2, 0) is 9.59 Å². The van der Waals surface area contributed by atoms with Crippen molar-refractivity contribution in [2.45, 2.75) is 90.8 Å². The maximum atomic E-state index is 13.4. The third kappa shape index (κ3) is 3.18. The van der Waals surface area contributed by atoms with Gasteiger partial charge >= 0.3 is 5.97 Å². The van der Waals surface area contributed by atoms with Crippen molar-refractivity contribution >= 4 is 11.8 Å². The zero-order chi connectivity index (χ0) is 21.1. The maximum absolute atomic E-state index is 13.4. The number of fused-ring (bicyclic) bond motifs is 5. The van der Waals surface area contributed by atoms with Crippen molar-refractivity contribution in [3.63, 3.8) is 0 Å². The molecule has 4 aliphatic carbocycles. The lowest BCUT2D eigenvalue weighted by molar-refractivity contribution is -0.182. The van der Waals surface area contributed by atoms with Crippen molar-refractivity contribution in [3.05, 3.63) is 0 Å². The van der Waals surface area contributed by atoms with Crippen LogP contribution in [0.4, 0.5) is 0 Å². The topological polar surface area (TPSA) is 94.8 Å². The molecule has 164 valence electrons. The van der Waals surface area contributed by atoms with Crippen LogP contribution < -0.4 is 0 Å². The van der Waals surface area contributed by atoms with Crippen molar-refractivity contribution in [2.75, 3.05) is 0 Å². The first-order valence-corrected chi connectivity index (χ1v) is 11.7. The van der Waals surface area contributed by atoms with Crippen LogP contribution in [-0.4, -0.2) is 39.3 Å². The second kappa shape index (κ2) is 7.33. The molecule has 0 aromatic carbocycles. The number of carbonyl (C=O) groups is 2. The van der Waals surface area contributed by atoms with Crippen molar-refractivity contribution in [3.8, 4) is 0 Å². The summed E-state index contributed by atoms with van der Waals surface area (Å²) in [6.07, 6.45) is 5.74. The Morgan fingerprint density at radius 2 is 1.86 bits per heavy atom. The minimum atomic E-state index is -0.762. The van der Waals surface area contributed by atoms with Gasteiger partial charge in [-0.25, -0.2) is 0 Å². The fourth-order valence-corrected chi connectivity index (χ4v) is 8.40. The van der Waals surface area contributed by atoms with Gasteiger partial charge in [0.15, 0.2) is 0 Å². The maximum Gasteiger partial charge on any atom is 0.303 e. The van der Waals surface area contributed by atoms with E-state index in [9.17, 15) is 19.8 Å². The highest BCUT2D eigenvalue weighted by atomic mass is 16.4. The highest BCUT2D eigenvalue weighted by Crippen LogP contribution is 2.67. The van der Waals surface area contributed by atoms with Crippen LogP contribution in [0.3, 0.4) is 0 Å². The Labute approximate surface area is 174 Å². The van der Waals surface area contributed by atoms with Gasteiger partial charge in [-0.05, 0) is 80.0 Å². The number of carboxylic acid groups (broad SMARTS) is 1. The summed E-state index contributed by atoms with van der Waals surface area (Å²) >= 11 is 0. The molecule has 1 unspecified atom stereocenters. The summed E-state index contributed by atoms with van der Waals surface area (Å²) < 4.78 is 0. The van der Waals surface area contributed by atoms with Gasteiger partial charge in [-0.1, -0.05) is 20.8 Å². The van der Waals surface area contributed by atoms with Crippen LogP contribution in [0.5, 0.6) is 0 Å². The van der Waals surface area contributed by atoms with Crippen molar-refractivity contribution in [2.24, 2.45) is 46.3 Å². The SMILES string of the molecule is CC(CCC(=O)O)[C@H]1CC[C@H]2[C@@H]3C(=O)C[C@@H]4C[C@H](O)CC[C@]4(C)[C@H]3C[C@H](O)[C@]12C. The minimum absolute atomic E-state index is 0.0246. The van der Waals surface area contributed by atoms with E-state index in [1.54, 1.807) is 0 Å². The Balaban J connectivity index is 1.62. The van der Waals surface area contributed by atoms with Crippen LogP contribution in [0, 0.1) is 46.3 Å². The summed E-state index contributed by atoms with van der Waals surface area (Å²) in [6, 6.07) is 0. The Hall–Kier alpha value is -0.940. The summed E-state index contributed by atoms with van der Waals surface area (Å²) in [5, 5.41) is 30.7. The van der Waals surface area contributed by atoms with E-state index in [4.69, 9.17) is 5.11 Å². The molecule has 0 saturated heterocycles. The number of carboxylic acids is 1. The normalized spacial score (nSPS) is 50.4. The quantitative estimate of drug-likeness (QED) is 0.662. The van der Waals surface area contributed by atoms with Gasteiger partial charge < -0.3 is 15.3 Å². The number of aliphatic hydroxyl groups is 2. The summed E-state index contributed by atoms with van der Waals surface area (Å²) in [5.74, 6) is 0.775. The molecule has 4 saturated carbocycles.